The maximum atomic E-state index is 12.3. The van der Waals surface area contributed by atoms with Gasteiger partial charge >= 0.3 is 0 Å². The Hall–Kier alpha value is -0.980. The van der Waals surface area contributed by atoms with Gasteiger partial charge in [-0.3, -0.25) is 4.79 Å². The minimum absolute atomic E-state index is 0.249. The Balaban J connectivity index is 1.61. The quantitative estimate of drug-likeness (QED) is 0.906. The van der Waals surface area contributed by atoms with Gasteiger partial charge in [-0.1, -0.05) is 15.9 Å². The molecule has 0 aliphatic carbocycles. The fourth-order valence-corrected chi connectivity index (χ4v) is 3.82. The highest BCUT2D eigenvalue weighted by atomic mass is 79.9. The summed E-state index contributed by atoms with van der Waals surface area (Å²) < 4.78 is 2.22. The molecule has 3 rings (SSSR count). The summed E-state index contributed by atoms with van der Waals surface area (Å²) in [5, 5.41) is 4.37. The summed E-state index contributed by atoms with van der Waals surface area (Å²) in [6.45, 7) is 3.61. The van der Waals surface area contributed by atoms with Gasteiger partial charge in [0.15, 0.2) is 0 Å². The molecule has 2 aromatic rings. The Morgan fingerprint density at radius 3 is 3.19 bits per heavy atom. The molecule has 0 radical (unpaired) electrons. The van der Waals surface area contributed by atoms with Crippen LogP contribution in [0.1, 0.15) is 17.8 Å². The molecule has 0 saturated carbocycles. The molecular formula is C15H18BrN3OS. The van der Waals surface area contributed by atoms with E-state index in [1.165, 1.54) is 4.70 Å². The van der Waals surface area contributed by atoms with Crippen molar-refractivity contribution in [1.29, 1.82) is 0 Å². The van der Waals surface area contributed by atoms with E-state index in [9.17, 15) is 4.79 Å². The van der Waals surface area contributed by atoms with Gasteiger partial charge in [-0.15, -0.1) is 11.3 Å². The SMILES string of the molecule is O=C(CCc1nc2cc(Br)ccc2s1)N1CCCNCC1. The van der Waals surface area contributed by atoms with Crippen molar-refractivity contribution in [3.63, 3.8) is 0 Å². The largest absolute Gasteiger partial charge is 0.341 e. The third kappa shape index (κ3) is 3.81. The van der Waals surface area contributed by atoms with Crippen LogP contribution in [0.25, 0.3) is 10.2 Å². The first-order valence-corrected chi connectivity index (χ1v) is 8.87. The number of amides is 1. The summed E-state index contributed by atoms with van der Waals surface area (Å²) in [4.78, 5) is 18.9. The number of benzene rings is 1. The minimum Gasteiger partial charge on any atom is -0.341 e. The van der Waals surface area contributed by atoms with Crippen LogP contribution in [-0.4, -0.2) is 42.0 Å². The molecule has 21 heavy (non-hydrogen) atoms. The molecule has 1 aliphatic rings. The number of fused-ring (bicyclic) bond motifs is 1. The lowest BCUT2D eigenvalue weighted by Gasteiger charge is -2.19. The highest BCUT2D eigenvalue weighted by molar-refractivity contribution is 9.10. The maximum absolute atomic E-state index is 12.3. The highest BCUT2D eigenvalue weighted by Crippen LogP contribution is 2.25. The molecule has 1 aromatic carbocycles. The Kier molecular flexibility index (Phi) is 4.87. The van der Waals surface area contributed by atoms with Crippen LogP contribution in [0, 0.1) is 0 Å². The zero-order chi connectivity index (χ0) is 14.7. The number of thiazole rings is 1. The van der Waals surface area contributed by atoms with Crippen LogP contribution in [0.4, 0.5) is 0 Å². The predicted octanol–water partition coefficient (Wildman–Crippen LogP) is 2.81. The van der Waals surface area contributed by atoms with Crippen molar-refractivity contribution in [2.24, 2.45) is 0 Å². The lowest BCUT2D eigenvalue weighted by atomic mass is 10.2. The minimum atomic E-state index is 0.249. The van der Waals surface area contributed by atoms with Gasteiger partial charge in [0, 0.05) is 36.9 Å². The summed E-state index contributed by atoms with van der Waals surface area (Å²) in [5.41, 5.74) is 1.01. The van der Waals surface area contributed by atoms with E-state index in [1.54, 1.807) is 11.3 Å². The number of carbonyl (C=O) groups is 1. The average molecular weight is 368 g/mol. The van der Waals surface area contributed by atoms with Gasteiger partial charge in [-0.25, -0.2) is 4.98 Å². The van der Waals surface area contributed by atoms with Crippen LogP contribution in [-0.2, 0) is 11.2 Å². The Morgan fingerprint density at radius 1 is 1.38 bits per heavy atom. The highest BCUT2D eigenvalue weighted by Gasteiger charge is 2.15. The number of nitrogens with zero attached hydrogens (tertiary/aromatic N) is 2. The van der Waals surface area contributed by atoms with Crippen LogP contribution < -0.4 is 5.32 Å². The zero-order valence-electron chi connectivity index (χ0n) is 11.8. The first kappa shape index (κ1) is 14.9. The molecule has 1 N–H and O–H groups in total. The molecule has 0 unspecified atom stereocenters. The number of aromatic nitrogens is 1. The second-order valence-electron chi connectivity index (χ2n) is 5.20. The van der Waals surface area contributed by atoms with Crippen LogP contribution in [0.3, 0.4) is 0 Å². The van der Waals surface area contributed by atoms with Crippen molar-refractivity contribution in [2.75, 3.05) is 26.2 Å². The lowest BCUT2D eigenvalue weighted by molar-refractivity contribution is -0.130. The van der Waals surface area contributed by atoms with Crippen LogP contribution in [0.5, 0.6) is 0 Å². The van der Waals surface area contributed by atoms with Crippen LogP contribution >= 0.6 is 27.3 Å². The topological polar surface area (TPSA) is 45.2 Å². The summed E-state index contributed by atoms with van der Waals surface area (Å²) in [7, 11) is 0. The molecule has 4 nitrogen and oxygen atoms in total. The number of aryl methyl sites for hydroxylation is 1. The van der Waals surface area contributed by atoms with Crippen LogP contribution in [0.15, 0.2) is 22.7 Å². The van der Waals surface area contributed by atoms with E-state index < -0.39 is 0 Å². The molecule has 0 spiro atoms. The number of rotatable bonds is 3. The molecule has 1 aromatic heterocycles. The molecular weight excluding hydrogens is 350 g/mol. The van der Waals surface area contributed by atoms with E-state index in [0.717, 1.165) is 54.0 Å². The third-order valence-corrected chi connectivity index (χ3v) is 5.23. The number of nitrogens with one attached hydrogen (secondary N) is 1. The Morgan fingerprint density at radius 2 is 2.29 bits per heavy atom. The number of halogens is 1. The Labute approximate surface area is 136 Å². The normalized spacial score (nSPS) is 16.1. The van der Waals surface area contributed by atoms with Crippen molar-refractivity contribution >= 4 is 43.4 Å². The van der Waals surface area contributed by atoms with Gasteiger partial charge in [-0.2, -0.15) is 0 Å². The Bertz CT molecular complexity index is 635. The van der Waals surface area contributed by atoms with Crippen LogP contribution in [0.2, 0.25) is 0 Å². The molecule has 6 heteroatoms. The third-order valence-electron chi connectivity index (χ3n) is 3.64. The lowest BCUT2D eigenvalue weighted by Crippen LogP contribution is -2.34. The first-order chi connectivity index (χ1) is 10.2. The van der Waals surface area contributed by atoms with E-state index in [1.807, 2.05) is 17.0 Å². The molecule has 2 heterocycles. The van der Waals surface area contributed by atoms with Crippen molar-refractivity contribution < 1.29 is 4.79 Å². The number of carbonyl (C=O) groups excluding carboxylic acids is 1. The van der Waals surface area contributed by atoms with Gasteiger partial charge in [0.25, 0.3) is 0 Å². The van der Waals surface area contributed by atoms with Gasteiger partial charge in [-0.05, 0) is 31.2 Å². The fraction of sp³-hybridized carbons (Fsp3) is 0.467. The van der Waals surface area contributed by atoms with E-state index in [-0.39, 0.29) is 5.91 Å². The standard InChI is InChI=1S/C15H18BrN3OS/c16-11-2-3-13-12(10-11)18-14(21-13)4-5-15(20)19-8-1-6-17-7-9-19/h2-3,10,17H,1,4-9H2. The van der Waals surface area contributed by atoms with Gasteiger partial charge in [0.05, 0.1) is 15.2 Å². The fourth-order valence-electron chi connectivity index (χ4n) is 2.52. The molecule has 112 valence electrons. The zero-order valence-corrected chi connectivity index (χ0v) is 14.2. The molecule has 0 bridgehead atoms. The smallest absolute Gasteiger partial charge is 0.223 e. The van der Waals surface area contributed by atoms with Crippen molar-refractivity contribution in [3.8, 4) is 0 Å². The molecule has 0 atom stereocenters. The number of hydrogen-bond acceptors (Lipinski definition) is 4. The van der Waals surface area contributed by atoms with Gasteiger partial charge in [0.2, 0.25) is 5.91 Å². The van der Waals surface area contributed by atoms with Crippen molar-refractivity contribution in [1.82, 2.24) is 15.2 Å². The van der Waals surface area contributed by atoms with E-state index in [0.29, 0.717) is 6.42 Å². The number of hydrogen-bond donors (Lipinski definition) is 1. The first-order valence-electron chi connectivity index (χ1n) is 7.26. The second kappa shape index (κ2) is 6.85. The van der Waals surface area contributed by atoms with E-state index >= 15 is 0 Å². The summed E-state index contributed by atoms with van der Waals surface area (Å²) in [5.74, 6) is 0.249. The predicted molar refractivity (Wildman–Crippen MR) is 89.7 cm³/mol. The molecule has 1 fully saturated rings. The molecule has 1 amide bonds. The van der Waals surface area contributed by atoms with Gasteiger partial charge < -0.3 is 10.2 Å². The summed E-state index contributed by atoms with van der Waals surface area (Å²) >= 11 is 5.14. The van der Waals surface area contributed by atoms with Crippen molar-refractivity contribution in [2.45, 2.75) is 19.3 Å². The monoisotopic (exact) mass is 367 g/mol. The molecule has 1 aliphatic heterocycles. The van der Waals surface area contributed by atoms with E-state index in [4.69, 9.17) is 0 Å². The summed E-state index contributed by atoms with van der Waals surface area (Å²) in [6, 6.07) is 6.13. The second-order valence-corrected chi connectivity index (χ2v) is 7.23. The molecule has 1 saturated heterocycles. The average Bonchev–Trinajstić information content (AvgIpc) is 2.69. The maximum Gasteiger partial charge on any atom is 0.223 e. The van der Waals surface area contributed by atoms with E-state index in [2.05, 4.69) is 32.3 Å². The summed E-state index contributed by atoms with van der Waals surface area (Å²) in [6.07, 6.45) is 2.33. The van der Waals surface area contributed by atoms with Gasteiger partial charge in [0.1, 0.15) is 0 Å². The van der Waals surface area contributed by atoms with Crippen molar-refractivity contribution in [3.05, 3.63) is 27.7 Å².